The summed E-state index contributed by atoms with van der Waals surface area (Å²) in [6.45, 7) is 2.65. The van der Waals surface area contributed by atoms with Crippen LogP contribution >= 0.6 is 0 Å². The molecule has 1 aromatic carbocycles. The molecule has 19 heavy (non-hydrogen) atoms. The lowest BCUT2D eigenvalue weighted by Gasteiger charge is -2.25. The second-order valence-corrected chi connectivity index (χ2v) is 4.98. The summed E-state index contributed by atoms with van der Waals surface area (Å²) in [5.74, 6) is -0.0524. The number of hydrogen-bond donors (Lipinski definition) is 0. The number of likely N-dealkylation sites (tertiary alicyclic amines) is 1. The van der Waals surface area contributed by atoms with Crippen LogP contribution in [-0.4, -0.2) is 30.4 Å². The van der Waals surface area contributed by atoms with Crippen LogP contribution in [0.25, 0.3) is 0 Å². The summed E-state index contributed by atoms with van der Waals surface area (Å²) in [6.07, 6.45) is 0.756. The lowest BCUT2D eigenvalue weighted by Crippen LogP contribution is -2.28. The number of hydrogen-bond acceptors (Lipinski definition) is 3. The van der Waals surface area contributed by atoms with Gasteiger partial charge in [0.2, 0.25) is 5.91 Å². The Labute approximate surface area is 113 Å². The molecular weight excluding hydrogens is 242 g/mol. The highest BCUT2D eigenvalue weighted by molar-refractivity contribution is 5.80. The largest absolute Gasteiger partial charge is 0.469 e. The molecule has 1 saturated heterocycles. The Balaban J connectivity index is 2.02. The van der Waals surface area contributed by atoms with E-state index in [9.17, 15) is 9.59 Å². The molecule has 1 aliphatic rings. The highest BCUT2D eigenvalue weighted by Gasteiger charge is 2.34. The Kier molecular flexibility index (Phi) is 4.20. The zero-order valence-corrected chi connectivity index (χ0v) is 11.3. The molecule has 4 nitrogen and oxygen atoms in total. The third-order valence-corrected chi connectivity index (χ3v) is 3.67. The van der Waals surface area contributed by atoms with Crippen molar-refractivity contribution in [2.45, 2.75) is 25.8 Å². The van der Waals surface area contributed by atoms with Crippen molar-refractivity contribution in [3.05, 3.63) is 35.9 Å². The van der Waals surface area contributed by atoms with Gasteiger partial charge in [-0.05, 0) is 18.4 Å². The maximum absolute atomic E-state index is 12.0. The molecule has 2 unspecified atom stereocenters. The van der Waals surface area contributed by atoms with E-state index in [4.69, 9.17) is 0 Å². The topological polar surface area (TPSA) is 46.6 Å². The van der Waals surface area contributed by atoms with E-state index < -0.39 is 0 Å². The fourth-order valence-electron chi connectivity index (χ4n) is 2.55. The van der Waals surface area contributed by atoms with Crippen LogP contribution < -0.4 is 0 Å². The van der Waals surface area contributed by atoms with Gasteiger partial charge in [-0.2, -0.15) is 0 Å². The Bertz CT molecular complexity index is 458. The Morgan fingerprint density at radius 3 is 2.74 bits per heavy atom. The average Bonchev–Trinajstić information content (AvgIpc) is 2.79. The predicted molar refractivity (Wildman–Crippen MR) is 71.3 cm³/mol. The number of esters is 1. The molecule has 2 rings (SSSR count). The van der Waals surface area contributed by atoms with E-state index in [2.05, 4.69) is 4.74 Å². The molecule has 0 radical (unpaired) electrons. The van der Waals surface area contributed by atoms with Gasteiger partial charge in [-0.15, -0.1) is 0 Å². The molecule has 0 aliphatic carbocycles. The van der Waals surface area contributed by atoms with Crippen molar-refractivity contribution in [1.29, 1.82) is 0 Å². The van der Waals surface area contributed by atoms with Crippen molar-refractivity contribution in [2.75, 3.05) is 13.7 Å². The summed E-state index contributed by atoms with van der Waals surface area (Å²) < 4.78 is 4.66. The van der Waals surface area contributed by atoms with Gasteiger partial charge in [0.15, 0.2) is 0 Å². The zero-order chi connectivity index (χ0) is 13.8. The monoisotopic (exact) mass is 261 g/mol. The fraction of sp³-hybridized carbons (Fsp3) is 0.467. The number of rotatable bonds is 4. The van der Waals surface area contributed by atoms with Crippen LogP contribution in [-0.2, 0) is 14.3 Å². The standard InChI is InChI=1S/C15H19NO3/c1-11(13-6-4-3-5-7-13)16-10-12(8-14(16)17)9-15(18)19-2/h3-7,11-12H,8-10H2,1-2H3. The fourth-order valence-corrected chi connectivity index (χ4v) is 2.55. The second kappa shape index (κ2) is 5.87. The number of nitrogens with zero attached hydrogens (tertiary/aromatic N) is 1. The summed E-state index contributed by atoms with van der Waals surface area (Å²) in [5.41, 5.74) is 1.12. The first-order chi connectivity index (χ1) is 9.11. The Morgan fingerprint density at radius 1 is 1.42 bits per heavy atom. The highest BCUT2D eigenvalue weighted by atomic mass is 16.5. The van der Waals surface area contributed by atoms with Crippen LogP contribution in [0.2, 0.25) is 0 Å². The summed E-state index contributed by atoms with van der Waals surface area (Å²) in [6, 6.07) is 9.99. The van der Waals surface area contributed by atoms with E-state index in [-0.39, 0.29) is 23.8 Å². The van der Waals surface area contributed by atoms with Crippen LogP contribution in [0.1, 0.15) is 31.4 Å². The summed E-state index contributed by atoms with van der Waals surface area (Å²) >= 11 is 0. The van der Waals surface area contributed by atoms with Crippen molar-refractivity contribution in [1.82, 2.24) is 4.90 Å². The predicted octanol–water partition coefficient (Wildman–Crippen LogP) is 2.16. The van der Waals surface area contributed by atoms with Crippen molar-refractivity contribution >= 4 is 11.9 Å². The van der Waals surface area contributed by atoms with Crippen LogP contribution in [0.5, 0.6) is 0 Å². The molecule has 4 heteroatoms. The molecule has 1 fully saturated rings. The molecule has 2 atom stereocenters. The third kappa shape index (κ3) is 3.13. The lowest BCUT2D eigenvalue weighted by atomic mass is 10.0. The quantitative estimate of drug-likeness (QED) is 0.780. The van der Waals surface area contributed by atoms with E-state index in [1.807, 2.05) is 42.2 Å². The number of methoxy groups -OCH3 is 1. The molecule has 0 spiro atoms. The normalized spacial score (nSPS) is 20.4. The van der Waals surface area contributed by atoms with Gasteiger partial charge in [0, 0.05) is 13.0 Å². The first kappa shape index (κ1) is 13.6. The maximum atomic E-state index is 12.0. The lowest BCUT2D eigenvalue weighted by molar-refractivity contribution is -0.141. The van der Waals surface area contributed by atoms with Crippen molar-refractivity contribution in [2.24, 2.45) is 5.92 Å². The van der Waals surface area contributed by atoms with Gasteiger partial charge in [-0.1, -0.05) is 30.3 Å². The Hall–Kier alpha value is -1.84. The van der Waals surface area contributed by atoms with E-state index in [0.717, 1.165) is 5.56 Å². The summed E-state index contributed by atoms with van der Waals surface area (Å²) in [7, 11) is 1.38. The summed E-state index contributed by atoms with van der Waals surface area (Å²) in [4.78, 5) is 25.2. The molecule has 1 heterocycles. The number of benzene rings is 1. The van der Waals surface area contributed by atoms with Gasteiger partial charge in [-0.25, -0.2) is 0 Å². The minimum absolute atomic E-state index is 0.0522. The molecule has 1 aliphatic heterocycles. The van der Waals surface area contributed by atoms with E-state index >= 15 is 0 Å². The molecule has 0 saturated carbocycles. The van der Waals surface area contributed by atoms with E-state index in [1.165, 1.54) is 7.11 Å². The smallest absolute Gasteiger partial charge is 0.305 e. The molecule has 1 amide bonds. The van der Waals surface area contributed by atoms with Crippen molar-refractivity contribution < 1.29 is 14.3 Å². The number of amides is 1. The first-order valence-electron chi connectivity index (χ1n) is 6.53. The van der Waals surface area contributed by atoms with Crippen LogP contribution in [0, 0.1) is 5.92 Å². The summed E-state index contributed by atoms with van der Waals surface area (Å²) in [5, 5.41) is 0. The number of carbonyl (C=O) groups excluding carboxylic acids is 2. The maximum Gasteiger partial charge on any atom is 0.305 e. The van der Waals surface area contributed by atoms with E-state index in [0.29, 0.717) is 19.4 Å². The SMILES string of the molecule is COC(=O)CC1CC(=O)N(C(C)c2ccccc2)C1. The van der Waals surface area contributed by atoms with E-state index in [1.54, 1.807) is 0 Å². The van der Waals surface area contributed by atoms with Gasteiger partial charge in [0.25, 0.3) is 0 Å². The number of carbonyl (C=O) groups is 2. The van der Waals surface area contributed by atoms with Crippen molar-refractivity contribution in [3.63, 3.8) is 0 Å². The van der Waals surface area contributed by atoms with Crippen molar-refractivity contribution in [3.8, 4) is 0 Å². The van der Waals surface area contributed by atoms with Crippen LogP contribution in [0.3, 0.4) is 0 Å². The average molecular weight is 261 g/mol. The van der Waals surface area contributed by atoms with Crippen LogP contribution in [0.15, 0.2) is 30.3 Å². The molecule has 0 aromatic heterocycles. The molecule has 0 N–H and O–H groups in total. The van der Waals surface area contributed by atoms with Gasteiger partial charge in [0.05, 0.1) is 19.6 Å². The Morgan fingerprint density at radius 2 is 2.11 bits per heavy atom. The van der Waals surface area contributed by atoms with Gasteiger partial charge < -0.3 is 9.64 Å². The van der Waals surface area contributed by atoms with Gasteiger partial charge in [-0.3, -0.25) is 9.59 Å². The van der Waals surface area contributed by atoms with Crippen LogP contribution in [0.4, 0.5) is 0 Å². The zero-order valence-electron chi connectivity index (χ0n) is 11.3. The molecule has 1 aromatic rings. The first-order valence-corrected chi connectivity index (χ1v) is 6.53. The minimum Gasteiger partial charge on any atom is -0.469 e. The van der Waals surface area contributed by atoms with Gasteiger partial charge >= 0.3 is 5.97 Å². The van der Waals surface area contributed by atoms with Gasteiger partial charge in [0.1, 0.15) is 0 Å². The minimum atomic E-state index is -0.244. The third-order valence-electron chi connectivity index (χ3n) is 3.67. The molecular formula is C15H19NO3. The highest BCUT2D eigenvalue weighted by Crippen LogP contribution is 2.29. The second-order valence-electron chi connectivity index (χ2n) is 4.98. The number of ether oxygens (including phenoxy) is 1. The molecule has 0 bridgehead atoms. The molecule has 102 valence electrons.